The highest BCUT2D eigenvalue weighted by Crippen LogP contribution is 2.27. The third-order valence-electron chi connectivity index (χ3n) is 3.16. The molecule has 3 heterocycles. The molecule has 5 nitrogen and oxygen atoms in total. The third-order valence-corrected chi connectivity index (χ3v) is 4.02. The number of aryl methyl sites for hydroxylation is 1. The summed E-state index contributed by atoms with van der Waals surface area (Å²) in [6.45, 7) is 5.13. The van der Waals surface area contributed by atoms with Gasteiger partial charge in [-0.2, -0.15) is 16.3 Å². The predicted octanol–water partition coefficient (Wildman–Crippen LogP) is 1.93. The lowest BCUT2D eigenvalue weighted by Crippen LogP contribution is -2.37. The van der Waals surface area contributed by atoms with Crippen LogP contribution in [-0.4, -0.2) is 36.3 Å². The van der Waals surface area contributed by atoms with E-state index in [1.54, 1.807) is 11.3 Å². The number of anilines is 2. The van der Waals surface area contributed by atoms with Crippen LogP contribution in [0.3, 0.4) is 0 Å². The Morgan fingerprint density at radius 3 is 2.74 bits per heavy atom. The summed E-state index contributed by atoms with van der Waals surface area (Å²) in [6.07, 6.45) is 0. The molecule has 2 N–H and O–H groups in total. The van der Waals surface area contributed by atoms with Crippen LogP contribution >= 0.6 is 11.3 Å². The number of hydrogen-bond acceptors (Lipinski definition) is 6. The number of morpholine rings is 1. The molecule has 1 aliphatic heterocycles. The van der Waals surface area contributed by atoms with Gasteiger partial charge in [0.1, 0.15) is 5.82 Å². The quantitative estimate of drug-likeness (QED) is 0.908. The van der Waals surface area contributed by atoms with Crippen molar-refractivity contribution in [3.8, 4) is 11.3 Å². The Kier molecular flexibility index (Phi) is 3.35. The van der Waals surface area contributed by atoms with E-state index in [0.717, 1.165) is 24.3 Å². The van der Waals surface area contributed by atoms with Crippen molar-refractivity contribution in [3.05, 3.63) is 22.4 Å². The van der Waals surface area contributed by atoms with E-state index in [-0.39, 0.29) is 0 Å². The number of rotatable bonds is 2. The molecule has 0 bridgehead atoms. The molecule has 3 rings (SSSR count). The first-order chi connectivity index (χ1) is 9.24. The van der Waals surface area contributed by atoms with Crippen LogP contribution in [0.4, 0.5) is 11.8 Å². The first-order valence-electron chi connectivity index (χ1n) is 6.24. The number of thiophene rings is 1. The second kappa shape index (κ2) is 5.14. The minimum absolute atomic E-state index is 0.511. The Labute approximate surface area is 116 Å². The molecule has 0 unspecified atom stereocenters. The monoisotopic (exact) mass is 276 g/mol. The second-order valence-corrected chi connectivity index (χ2v) is 5.29. The third kappa shape index (κ3) is 2.54. The van der Waals surface area contributed by atoms with Crippen molar-refractivity contribution in [3.63, 3.8) is 0 Å². The number of ether oxygens (including phenoxy) is 1. The van der Waals surface area contributed by atoms with Crippen LogP contribution in [0.15, 0.2) is 16.8 Å². The smallest absolute Gasteiger partial charge is 0.228 e. The van der Waals surface area contributed by atoms with E-state index in [1.165, 1.54) is 5.56 Å². The lowest BCUT2D eigenvalue weighted by molar-refractivity contribution is 0.122. The maximum Gasteiger partial charge on any atom is 0.228 e. The van der Waals surface area contributed by atoms with E-state index in [2.05, 4.69) is 32.6 Å². The van der Waals surface area contributed by atoms with Gasteiger partial charge < -0.3 is 15.4 Å². The molecule has 0 radical (unpaired) electrons. The van der Waals surface area contributed by atoms with Crippen LogP contribution in [0, 0.1) is 6.92 Å². The topological polar surface area (TPSA) is 64.3 Å². The minimum atomic E-state index is 0.511. The highest BCUT2D eigenvalue weighted by Gasteiger charge is 2.16. The maximum atomic E-state index is 5.92. The van der Waals surface area contributed by atoms with Gasteiger partial charge in [0.25, 0.3) is 0 Å². The zero-order valence-corrected chi connectivity index (χ0v) is 11.6. The maximum absolute atomic E-state index is 5.92. The van der Waals surface area contributed by atoms with Gasteiger partial charge in [-0.25, -0.2) is 4.98 Å². The van der Waals surface area contributed by atoms with Gasteiger partial charge in [0.2, 0.25) is 5.95 Å². The van der Waals surface area contributed by atoms with E-state index in [9.17, 15) is 0 Å². The molecule has 0 saturated carbocycles. The van der Waals surface area contributed by atoms with Crippen molar-refractivity contribution in [2.45, 2.75) is 6.92 Å². The fourth-order valence-corrected chi connectivity index (χ4v) is 2.96. The summed E-state index contributed by atoms with van der Waals surface area (Å²) in [5.74, 6) is 1.21. The van der Waals surface area contributed by atoms with Gasteiger partial charge in [-0.1, -0.05) is 0 Å². The Morgan fingerprint density at radius 2 is 2.05 bits per heavy atom. The standard InChI is InChI=1S/C13H16N4OS/c1-9-7-19-8-10(9)11-6-12(14)16-13(15-11)17-2-4-18-5-3-17/h6-8H,2-5H2,1H3,(H2,14,15,16). The SMILES string of the molecule is Cc1cscc1-c1cc(N)nc(N2CCOCC2)n1. The molecule has 19 heavy (non-hydrogen) atoms. The zero-order valence-electron chi connectivity index (χ0n) is 10.8. The summed E-state index contributed by atoms with van der Waals surface area (Å²) in [4.78, 5) is 11.1. The fourth-order valence-electron chi connectivity index (χ4n) is 2.12. The van der Waals surface area contributed by atoms with Gasteiger partial charge in [0.15, 0.2) is 0 Å². The number of nitrogens with zero attached hydrogens (tertiary/aromatic N) is 3. The predicted molar refractivity (Wildman–Crippen MR) is 77.5 cm³/mol. The summed E-state index contributed by atoms with van der Waals surface area (Å²) in [6, 6.07) is 1.83. The van der Waals surface area contributed by atoms with Crippen molar-refractivity contribution < 1.29 is 4.74 Å². The molecular formula is C13H16N4OS. The van der Waals surface area contributed by atoms with Crippen LogP contribution in [0.25, 0.3) is 11.3 Å². The fraction of sp³-hybridized carbons (Fsp3) is 0.385. The molecule has 6 heteroatoms. The molecule has 1 saturated heterocycles. The van der Waals surface area contributed by atoms with Crippen LogP contribution < -0.4 is 10.6 Å². The van der Waals surface area contributed by atoms with Crippen molar-refractivity contribution in [1.29, 1.82) is 0 Å². The molecular weight excluding hydrogens is 260 g/mol. The van der Waals surface area contributed by atoms with E-state index >= 15 is 0 Å². The van der Waals surface area contributed by atoms with E-state index in [0.29, 0.717) is 25.0 Å². The number of aromatic nitrogens is 2. The van der Waals surface area contributed by atoms with E-state index in [4.69, 9.17) is 10.5 Å². The van der Waals surface area contributed by atoms with Gasteiger partial charge in [-0.3, -0.25) is 0 Å². The lowest BCUT2D eigenvalue weighted by Gasteiger charge is -2.27. The Balaban J connectivity index is 1.98. The Bertz CT molecular complexity index is 578. The molecule has 100 valence electrons. The highest BCUT2D eigenvalue weighted by atomic mass is 32.1. The molecule has 2 aromatic rings. The van der Waals surface area contributed by atoms with E-state index in [1.807, 2.05) is 6.07 Å². The second-order valence-electron chi connectivity index (χ2n) is 4.55. The van der Waals surface area contributed by atoms with Gasteiger partial charge in [-0.15, -0.1) is 0 Å². The lowest BCUT2D eigenvalue weighted by atomic mass is 10.1. The molecule has 1 aliphatic rings. The van der Waals surface area contributed by atoms with Crippen LogP contribution in [-0.2, 0) is 4.74 Å². The summed E-state index contributed by atoms with van der Waals surface area (Å²) in [5.41, 5.74) is 9.16. The zero-order chi connectivity index (χ0) is 13.2. The number of nitrogen functional groups attached to an aromatic ring is 1. The summed E-state index contributed by atoms with van der Waals surface area (Å²) in [5, 5.41) is 4.21. The van der Waals surface area contributed by atoms with Crippen molar-refractivity contribution in [2.75, 3.05) is 36.9 Å². The molecule has 0 aromatic carbocycles. The van der Waals surface area contributed by atoms with Crippen LogP contribution in [0.5, 0.6) is 0 Å². The van der Waals surface area contributed by atoms with Crippen LogP contribution in [0.2, 0.25) is 0 Å². The van der Waals surface area contributed by atoms with Gasteiger partial charge in [0.05, 0.1) is 18.9 Å². The van der Waals surface area contributed by atoms with Crippen LogP contribution in [0.1, 0.15) is 5.56 Å². The summed E-state index contributed by atoms with van der Waals surface area (Å²) in [7, 11) is 0. The van der Waals surface area contributed by atoms with Crippen molar-refractivity contribution >= 4 is 23.1 Å². The highest BCUT2D eigenvalue weighted by molar-refractivity contribution is 7.08. The first-order valence-corrected chi connectivity index (χ1v) is 7.19. The number of hydrogen-bond donors (Lipinski definition) is 1. The molecule has 2 aromatic heterocycles. The van der Waals surface area contributed by atoms with E-state index < -0.39 is 0 Å². The average Bonchev–Trinajstić information content (AvgIpc) is 2.85. The van der Waals surface area contributed by atoms with Gasteiger partial charge in [0, 0.05) is 30.1 Å². The van der Waals surface area contributed by atoms with Gasteiger partial charge >= 0.3 is 0 Å². The molecule has 0 atom stereocenters. The summed E-state index contributed by atoms with van der Waals surface area (Å²) < 4.78 is 5.35. The minimum Gasteiger partial charge on any atom is -0.384 e. The molecule has 1 fully saturated rings. The average molecular weight is 276 g/mol. The van der Waals surface area contributed by atoms with Gasteiger partial charge in [-0.05, 0) is 17.9 Å². The Hall–Kier alpha value is -1.66. The Morgan fingerprint density at radius 1 is 1.26 bits per heavy atom. The van der Waals surface area contributed by atoms with Crippen molar-refractivity contribution in [1.82, 2.24) is 9.97 Å². The molecule has 0 aliphatic carbocycles. The first kappa shape index (κ1) is 12.4. The summed E-state index contributed by atoms with van der Waals surface area (Å²) >= 11 is 1.67. The van der Waals surface area contributed by atoms with Crippen molar-refractivity contribution in [2.24, 2.45) is 0 Å². The molecule has 0 spiro atoms. The normalized spacial score (nSPS) is 15.7. The number of nitrogens with two attached hydrogens (primary N) is 1. The molecule has 0 amide bonds. The largest absolute Gasteiger partial charge is 0.384 e.